The lowest BCUT2D eigenvalue weighted by molar-refractivity contribution is -0.160. The molecule has 6 rings (SSSR count). The fourth-order valence-corrected chi connectivity index (χ4v) is 6.05. The third kappa shape index (κ3) is 4.63. The monoisotopic (exact) mass is 434 g/mol. The first-order valence-electron chi connectivity index (χ1n) is 11.5. The molecule has 3 aliphatic rings. The van der Waals surface area contributed by atoms with Crippen molar-refractivity contribution in [2.45, 2.75) is 37.7 Å². The molecule has 4 nitrogen and oxygen atoms in total. The van der Waals surface area contributed by atoms with Crippen molar-refractivity contribution in [1.29, 1.82) is 0 Å². The van der Waals surface area contributed by atoms with Gasteiger partial charge in [-0.3, -0.25) is 9.69 Å². The Balaban J connectivity index is 1.29. The van der Waals surface area contributed by atoms with Gasteiger partial charge in [-0.1, -0.05) is 36.4 Å². The Morgan fingerprint density at radius 1 is 1.10 bits per heavy atom. The van der Waals surface area contributed by atoms with Crippen molar-refractivity contribution in [1.82, 2.24) is 4.90 Å². The highest BCUT2D eigenvalue weighted by Crippen LogP contribution is 2.36. The molecule has 2 aromatic carbocycles. The largest absolute Gasteiger partial charge is 0.460 e. The van der Waals surface area contributed by atoms with Gasteiger partial charge in [0.1, 0.15) is 6.10 Å². The SMILES string of the molecule is O=C(O[C@H]1CN2CCC1CC2)C(CCCNc1ccccc1)c1csc2ccccc12. The first-order valence-corrected chi connectivity index (χ1v) is 12.3. The Morgan fingerprint density at radius 2 is 1.87 bits per heavy atom. The number of anilines is 1. The van der Waals surface area contributed by atoms with Gasteiger partial charge >= 0.3 is 5.97 Å². The van der Waals surface area contributed by atoms with Crippen LogP contribution in [-0.4, -0.2) is 43.2 Å². The highest BCUT2D eigenvalue weighted by Gasteiger charge is 2.38. The summed E-state index contributed by atoms with van der Waals surface area (Å²) < 4.78 is 7.42. The molecule has 2 bridgehead atoms. The van der Waals surface area contributed by atoms with Crippen molar-refractivity contribution in [2.24, 2.45) is 5.92 Å². The Kier molecular flexibility index (Phi) is 6.23. The van der Waals surface area contributed by atoms with E-state index in [2.05, 4.69) is 52.0 Å². The van der Waals surface area contributed by atoms with Crippen molar-refractivity contribution in [3.8, 4) is 0 Å². The number of hydrogen-bond donors (Lipinski definition) is 1. The van der Waals surface area contributed by atoms with Crippen LogP contribution in [0.2, 0.25) is 0 Å². The number of nitrogens with one attached hydrogen (secondary N) is 1. The molecule has 1 unspecified atom stereocenters. The average Bonchev–Trinajstić information content (AvgIpc) is 3.24. The summed E-state index contributed by atoms with van der Waals surface area (Å²) in [6.45, 7) is 4.06. The highest BCUT2D eigenvalue weighted by atomic mass is 32.1. The van der Waals surface area contributed by atoms with Gasteiger partial charge in [0.2, 0.25) is 0 Å². The molecule has 0 radical (unpaired) electrons. The van der Waals surface area contributed by atoms with E-state index < -0.39 is 0 Å². The predicted octanol–water partition coefficient (Wildman–Crippen LogP) is 5.51. The molecule has 3 saturated heterocycles. The van der Waals surface area contributed by atoms with Crippen LogP contribution in [0.3, 0.4) is 0 Å². The molecule has 3 fully saturated rings. The van der Waals surface area contributed by atoms with E-state index in [0.29, 0.717) is 5.92 Å². The third-order valence-corrected chi connectivity index (χ3v) is 7.79. The molecule has 0 saturated carbocycles. The minimum atomic E-state index is -0.204. The lowest BCUT2D eigenvalue weighted by Crippen LogP contribution is -2.52. The first kappa shape index (κ1) is 20.5. The van der Waals surface area contributed by atoms with Gasteiger partial charge in [0.05, 0.1) is 5.92 Å². The topological polar surface area (TPSA) is 41.6 Å². The second-order valence-corrected chi connectivity index (χ2v) is 9.70. The molecule has 162 valence electrons. The number of benzene rings is 2. The summed E-state index contributed by atoms with van der Waals surface area (Å²) in [5.41, 5.74) is 2.25. The average molecular weight is 435 g/mol. The molecule has 0 aliphatic carbocycles. The van der Waals surface area contributed by atoms with Gasteiger partial charge in [-0.2, -0.15) is 0 Å². The summed E-state index contributed by atoms with van der Waals surface area (Å²) in [4.78, 5) is 15.9. The zero-order valence-electron chi connectivity index (χ0n) is 17.8. The summed E-state index contributed by atoms with van der Waals surface area (Å²) in [7, 11) is 0. The predicted molar refractivity (Wildman–Crippen MR) is 128 cm³/mol. The van der Waals surface area contributed by atoms with Crippen LogP contribution in [0.5, 0.6) is 0 Å². The molecule has 3 aliphatic heterocycles. The lowest BCUT2D eigenvalue weighted by atomic mass is 9.85. The van der Waals surface area contributed by atoms with Gasteiger partial charge in [-0.05, 0) is 79.2 Å². The summed E-state index contributed by atoms with van der Waals surface area (Å²) in [5, 5.41) is 6.83. The summed E-state index contributed by atoms with van der Waals surface area (Å²) in [5.74, 6) is 0.291. The minimum Gasteiger partial charge on any atom is -0.460 e. The fourth-order valence-electron chi connectivity index (χ4n) is 5.04. The number of hydrogen-bond acceptors (Lipinski definition) is 5. The highest BCUT2D eigenvalue weighted by molar-refractivity contribution is 7.17. The Hall–Kier alpha value is -2.37. The Labute approximate surface area is 188 Å². The molecule has 0 spiro atoms. The number of carbonyl (C=O) groups is 1. The Morgan fingerprint density at radius 3 is 2.65 bits per heavy atom. The van der Waals surface area contributed by atoms with Crippen molar-refractivity contribution in [2.75, 3.05) is 31.5 Å². The lowest BCUT2D eigenvalue weighted by Gasteiger charge is -2.44. The summed E-state index contributed by atoms with van der Waals surface area (Å²) in [6.07, 6.45) is 4.08. The van der Waals surface area contributed by atoms with Crippen molar-refractivity contribution >= 4 is 33.1 Å². The molecule has 0 amide bonds. The van der Waals surface area contributed by atoms with Crippen LogP contribution in [0.15, 0.2) is 60.0 Å². The molecule has 3 aromatic rings. The van der Waals surface area contributed by atoms with E-state index in [0.717, 1.165) is 63.1 Å². The van der Waals surface area contributed by atoms with Gasteiger partial charge in [0, 0.05) is 23.5 Å². The molecule has 5 heteroatoms. The van der Waals surface area contributed by atoms with Gasteiger partial charge in [-0.25, -0.2) is 0 Å². The molecular weight excluding hydrogens is 404 g/mol. The summed E-state index contributed by atoms with van der Waals surface area (Å²) in [6, 6.07) is 18.6. The quantitative estimate of drug-likeness (QED) is 0.375. The number of piperidine rings is 3. The van der Waals surface area contributed by atoms with Crippen LogP contribution < -0.4 is 5.32 Å². The summed E-state index contributed by atoms with van der Waals surface area (Å²) >= 11 is 1.72. The van der Waals surface area contributed by atoms with E-state index in [1.165, 1.54) is 10.1 Å². The van der Waals surface area contributed by atoms with Crippen molar-refractivity contribution in [3.63, 3.8) is 0 Å². The molecule has 2 atom stereocenters. The fraction of sp³-hybridized carbons (Fsp3) is 0.423. The maximum absolute atomic E-state index is 13.4. The molecule has 1 N–H and O–H groups in total. The number of thiophene rings is 1. The van der Waals surface area contributed by atoms with Crippen LogP contribution in [0.25, 0.3) is 10.1 Å². The van der Waals surface area contributed by atoms with Gasteiger partial charge in [0.25, 0.3) is 0 Å². The van der Waals surface area contributed by atoms with Crippen LogP contribution in [-0.2, 0) is 9.53 Å². The van der Waals surface area contributed by atoms with Crippen LogP contribution >= 0.6 is 11.3 Å². The van der Waals surface area contributed by atoms with E-state index in [1.807, 2.05) is 18.2 Å². The van der Waals surface area contributed by atoms with Crippen molar-refractivity contribution < 1.29 is 9.53 Å². The molecule has 4 heterocycles. The van der Waals surface area contributed by atoms with Crippen LogP contribution in [0.4, 0.5) is 5.69 Å². The second-order valence-electron chi connectivity index (χ2n) is 8.79. The van der Waals surface area contributed by atoms with E-state index in [9.17, 15) is 4.79 Å². The maximum Gasteiger partial charge on any atom is 0.313 e. The number of para-hydroxylation sites is 1. The molecular formula is C26H30N2O2S. The number of carbonyl (C=O) groups excluding carboxylic acids is 1. The normalized spacial score (nSPS) is 23.5. The second kappa shape index (κ2) is 9.41. The number of rotatable bonds is 8. The number of ether oxygens (including phenoxy) is 1. The van der Waals surface area contributed by atoms with E-state index in [1.54, 1.807) is 11.3 Å². The smallest absolute Gasteiger partial charge is 0.313 e. The number of esters is 1. The van der Waals surface area contributed by atoms with Crippen molar-refractivity contribution in [3.05, 3.63) is 65.5 Å². The van der Waals surface area contributed by atoms with Gasteiger partial charge < -0.3 is 10.1 Å². The number of nitrogens with zero attached hydrogens (tertiary/aromatic N) is 1. The first-order chi connectivity index (χ1) is 15.3. The van der Waals surface area contributed by atoms with E-state index >= 15 is 0 Å². The van der Waals surface area contributed by atoms with Gasteiger partial charge in [-0.15, -0.1) is 11.3 Å². The number of fused-ring (bicyclic) bond motifs is 4. The zero-order chi connectivity index (χ0) is 21.0. The Bertz CT molecular complexity index is 1010. The zero-order valence-corrected chi connectivity index (χ0v) is 18.7. The van der Waals surface area contributed by atoms with Crippen LogP contribution in [0.1, 0.15) is 37.2 Å². The third-order valence-electron chi connectivity index (χ3n) is 6.81. The van der Waals surface area contributed by atoms with Gasteiger partial charge in [0.15, 0.2) is 0 Å². The van der Waals surface area contributed by atoms with E-state index in [4.69, 9.17) is 4.74 Å². The molecule has 31 heavy (non-hydrogen) atoms. The van der Waals surface area contributed by atoms with Crippen LogP contribution in [0, 0.1) is 5.92 Å². The standard InChI is InChI=1S/C26H30N2O2S/c29-26(30-24-17-28-15-12-19(24)13-16-28)22(10-6-14-27-20-7-2-1-3-8-20)23-18-31-25-11-5-4-9-21(23)25/h1-5,7-9,11,18-19,22,24,27H,6,10,12-17H2/t22?,24-/m0/s1. The molecule has 1 aromatic heterocycles. The minimum absolute atomic E-state index is 0.0398. The maximum atomic E-state index is 13.4. The van der Waals surface area contributed by atoms with E-state index in [-0.39, 0.29) is 18.0 Å².